The number of nitrogens with zero attached hydrogens (tertiary/aromatic N) is 3. The first-order chi connectivity index (χ1) is 24.9. The maximum absolute atomic E-state index is 14.2. The lowest BCUT2D eigenvalue weighted by atomic mass is 9.38. The molecular weight excluding hydrogens is 670 g/mol. The molecule has 0 spiro atoms. The second-order valence-electron chi connectivity index (χ2n) is 18.8. The van der Waals surface area contributed by atoms with E-state index in [0.29, 0.717) is 35.7 Å². The van der Waals surface area contributed by atoms with Gasteiger partial charge in [0.2, 0.25) is 5.88 Å². The second kappa shape index (κ2) is 13.0. The van der Waals surface area contributed by atoms with Crippen LogP contribution in [0.15, 0.2) is 40.3 Å². The van der Waals surface area contributed by atoms with Crippen molar-refractivity contribution in [2.45, 2.75) is 124 Å². The van der Waals surface area contributed by atoms with Gasteiger partial charge in [-0.3, -0.25) is 23.9 Å². The molecule has 1 N–H and O–H groups in total. The van der Waals surface area contributed by atoms with E-state index in [1.54, 1.807) is 44.0 Å². The summed E-state index contributed by atoms with van der Waals surface area (Å²) in [6.07, 6.45) is 9.66. The van der Waals surface area contributed by atoms with E-state index in [4.69, 9.17) is 9.47 Å². The Kier molecular flexibility index (Phi) is 9.21. The van der Waals surface area contributed by atoms with Crippen molar-refractivity contribution in [3.8, 4) is 11.6 Å². The van der Waals surface area contributed by atoms with Gasteiger partial charge < -0.3 is 14.6 Å². The predicted molar refractivity (Wildman–Crippen MR) is 201 cm³/mol. The number of carbonyl (C=O) groups is 3. The van der Waals surface area contributed by atoms with Gasteiger partial charge in [0.25, 0.3) is 5.56 Å². The topological polar surface area (TPSA) is 130 Å². The summed E-state index contributed by atoms with van der Waals surface area (Å²) < 4.78 is 15.0. The first-order valence-electron chi connectivity index (χ1n) is 19.9. The van der Waals surface area contributed by atoms with Crippen LogP contribution in [0, 0.1) is 51.8 Å². The van der Waals surface area contributed by atoms with Crippen LogP contribution in [0.1, 0.15) is 118 Å². The van der Waals surface area contributed by atoms with Crippen molar-refractivity contribution in [1.82, 2.24) is 14.3 Å². The van der Waals surface area contributed by atoms with Crippen LogP contribution in [0.2, 0.25) is 0 Å². The minimum atomic E-state index is -1.16. The molecule has 0 bridgehead atoms. The number of carbonyl (C=O) groups excluding carboxylic acids is 2. The van der Waals surface area contributed by atoms with Crippen LogP contribution >= 0.6 is 0 Å². The minimum absolute atomic E-state index is 0.0988. The Morgan fingerprint density at radius 1 is 1.02 bits per heavy atom. The quantitative estimate of drug-likeness (QED) is 0.278. The molecule has 4 fully saturated rings. The van der Waals surface area contributed by atoms with Crippen molar-refractivity contribution >= 4 is 17.7 Å². The number of allylic oxidation sites excluding steroid dienone is 2. The number of rotatable bonds is 8. The lowest BCUT2D eigenvalue weighted by Crippen LogP contribution is -2.61. The molecule has 0 aliphatic heterocycles. The first-order valence-corrected chi connectivity index (χ1v) is 19.9. The molecule has 2 aromatic rings. The fraction of sp³-hybridized carbons (Fsp3) is 0.698. The maximum Gasteiger partial charge on any atom is 0.309 e. The highest BCUT2D eigenvalue weighted by atomic mass is 16.5. The lowest BCUT2D eigenvalue weighted by Gasteiger charge is -2.67. The molecule has 0 saturated heterocycles. The maximum atomic E-state index is 14.2. The molecule has 53 heavy (non-hydrogen) atoms. The fourth-order valence-electron chi connectivity index (χ4n) is 12.9. The number of hydrogen-bond donors (Lipinski definition) is 1. The van der Waals surface area contributed by atoms with Crippen molar-refractivity contribution in [3.05, 3.63) is 51.6 Å². The van der Waals surface area contributed by atoms with E-state index in [2.05, 4.69) is 39.6 Å². The third-order valence-corrected chi connectivity index (χ3v) is 15.4. The largest absolute Gasteiger partial charge is 0.481 e. The van der Waals surface area contributed by atoms with Crippen LogP contribution in [0.5, 0.6) is 5.88 Å². The SMILES string of the molecule is COc1ccc(-n2c(=O)cc(C34CCC5C(CCC6C5(C)CCC5C(C)C(OC(=O)CC(C)(C)C(=O)O)CCC56C)C3=C(C(C)C)C(=O)C4)n2C)cn1. The molecule has 0 aromatic carbocycles. The summed E-state index contributed by atoms with van der Waals surface area (Å²) in [5.74, 6) is 1.25. The van der Waals surface area contributed by atoms with Gasteiger partial charge in [-0.25, -0.2) is 9.67 Å². The number of hydrogen-bond acceptors (Lipinski definition) is 7. The average molecular weight is 730 g/mol. The first kappa shape index (κ1) is 37.6. The summed E-state index contributed by atoms with van der Waals surface area (Å²) in [5, 5.41) is 9.56. The van der Waals surface area contributed by atoms with E-state index in [1.807, 2.05) is 17.8 Å². The van der Waals surface area contributed by atoms with Crippen LogP contribution in [0.3, 0.4) is 0 Å². The second-order valence-corrected chi connectivity index (χ2v) is 18.8. The molecule has 288 valence electrons. The molecule has 10 nitrogen and oxygen atoms in total. The number of Topliss-reactive ketones (excluding diaryl/α,β-unsaturated/α-hetero) is 1. The van der Waals surface area contributed by atoms with Gasteiger partial charge in [0.15, 0.2) is 5.78 Å². The number of aliphatic carboxylic acids is 1. The van der Waals surface area contributed by atoms with Gasteiger partial charge in [0, 0.05) is 31.0 Å². The Labute approximate surface area is 313 Å². The van der Waals surface area contributed by atoms with Gasteiger partial charge in [-0.05, 0) is 129 Å². The lowest BCUT2D eigenvalue weighted by molar-refractivity contribution is -0.191. The van der Waals surface area contributed by atoms with Crippen molar-refractivity contribution in [2.75, 3.05) is 7.11 Å². The molecular formula is C43H59N3O7. The van der Waals surface area contributed by atoms with E-state index in [-0.39, 0.29) is 52.5 Å². The van der Waals surface area contributed by atoms with Gasteiger partial charge in [0.1, 0.15) is 6.10 Å². The molecule has 9 unspecified atom stereocenters. The molecule has 5 aliphatic rings. The van der Waals surface area contributed by atoms with Gasteiger partial charge >= 0.3 is 11.9 Å². The summed E-state index contributed by atoms with van der Waals surface area (Å²) >= 11 is 0. The standard InChI is InChI=1S/C43H59N3O7/c1-24(2)37-30(47)21-43(33-20-35(48)46(45(33)8)26-10-13-34(52-9)44-23-26)19-15-29-27(38(37)43)11-12-32-41(6)18-16-31(25(3)28(41)14-17-42(29,32)7)53-36(49)22-40(4,5)39(50)51/h10,13,20,23-25,27-29,31-32H,11-12,14-19,21-22H2,1-9H3,(H,50,51). The number of esters is 1. The molecule has 7 rings (SSSR count). The number of aromatic nitrogens is 3. The fourth-order valence-corrected chi connectivity index (χ4v) is 12.9. The Balaban J connectivity index is 1.19. The van der Waals surface area contributed by atoms with E-state index in [0.717, 1.165) is 62.6 Å². The van der Waals surface area contributed by atoms with Crippen LogP contribution < -0.4 is 10.3 Å². The number of ketones is 1. The van der Waals surface area contributed by atoms with Crippen molar-refractivity contribution in [1.29, 1.82) is 0 Å². The van der Waals surface area contributed by atoms with Crippen molar-refractivity contribution in [3.63, 3.8) is 0 Å². The highest BCUT2D eigenvalue weighted by molar-refractivity contribution is 6.01. The van der Waals surface area contributed by atoms with Crippen LogP contribution in [-0.4, -0.2) is 50.4 Å². The molecule has 0 amide bonds. The van der Waals surface area contributed by atoms with E-state index in [1.165, 1.54) is 5.57 Å². The van der Waals surface area contributed by atoms with E-state index in [9.17, 15) is 24.3 Å². The molecule has 5 aliphatic carbocycles. The smallest absolute Gasteiger partial charge is 0.309 e. The molecule has 2 aromatic heterocycles. The number of fused-ring (bicyclic) bond motifs is 7. The zero-order valence-corrected chi connectivity index (χ0v) is 33.2. The minimum Gasteiger partial charge on any atom is -0.481 e. The van der Waals surface area contributed by atoms with Gasteiger partial charge in [-0.2, -0.15) is 0 Å². The Morgan fingerprint density at radius 3 is 2.34 bits per heavy atom. The summed E-state index contributed by atoms with van der Waals surface area (Å²) in [6, 6.07) is 5.38. The molecule has 0 radical (unpaired) electrons. The third kappa shape index (κ3) is 5.66. The Bertz CT molecular complexity index is 1900. The molecule has 10 heteroatoms. The van der Waals surface area contributed by atoms with Crippen LogP contribution in [0.4, 0.5) is 0 Å². The van der Waals surface area contributed by atoms with E-state index >= 15 is 0 Å². The van der Waals surface area contributed by atoms with Crippen LogP contribution in [-0.2, 0) is 31.6 Å². The van der Waals surface area contributed by atoms with Gasteiger partial charge in [0.05, 0.1) is 36.5 Å². The van der Waals surface area contributed by atoms with Gasteiger partial charge in [-0.15, -0.1) is 0 Å². The normalized spacial score (nSPS) is 35.3. The number of ether oxygens (including phenoxy) is 2. The summed E-state index contributed by atoms with van der Waals surface area (Å²) in [4.78, 5) is 57.0. The van der Waals surface area contributed by atoms with Gasteiger partial charge in [-0.1, -0.05) is 34.6 Å². The van der Waals surface area contributed by atoms with Crippen molar-refractivity contribution < 1.29 is 29.0 Å². The summed E-state index contributed by atoms with van der Waals surface area (Å²) in [6.45, 7) is 14.7. The summed E-state index contributed by atoms with van der Waals surface area (Å²) in [7, 11) is 3.51. The number of pyridine rings is 1. The zero-order chi connectivity index (χ0) is 38.4. The van der Waals surface area contributed by atoms with Crippen molar-refractivity contribution in [2.24, 2.45) is 58.8 Å². The third-order valence-electron chi connectivity index (χ3n) is 15.4. The highest BCUT2D eigenvalue weighted by Gasteiger charge is 2.65. The number of carboxylic acid groups (broad SMARTS) is 1. The average Bonchev–Trinajstić information content (AvgIpc) is 3.58. The Hall–Kier alpha value is -3.69. The van der Waals surface area contributed by atoms with Crippen LogP contribution in [0.25, 0.3) is 5.69 Å². The Morgan fingerprint density at radius 2 is 1.70 bits per heavy atom. The predicted octanol–water partition coefficient (Wildman–Crippen LogP) is 7.44. The number of methoxy groups -OCH3 is 1. The highest BCUT2D eigenvalue weighted by Crippen LogP contribution is 2.71. The molecule has 9 atom stereocenters. The van der Waals surface area contributed by atoms with E-state index < -0.39 is 22.8 Å². The molecule has 2 heterocycles. The zero-order valence-electron chi connectivity index (χ0n) is 33.2. The monoisotopic (exact) mass is 729 g/mol. The molecule has 4 saturated carbocycles. The summed E-state index contributed by atoms with van der Waals surface area (Å²) in [5.41, 5.74) is 2.30. The number of carboxylic acids is 1.